The van der Waals surface area contributed by atoms with Crippen LogP contribution in [0.2, 0.25) is 0 Å². The van der Waals surface area contributed by atoms with Crippen molar-refractivity contribution in [3.63, 3.8) is 0 Å². The van der Waals surface area contributed by atoms with Gasteiger partial charge < -0.3 is 23.8 Å². The smallest absolute Gasteiger partial charge is 0.334 e. The Hall–Kier alpha value is -2.84. The number of carbonyl (C=O) groups is 4. The minimum absolute atomic E-state index is 0.131. The molecule has 0 N–H and O–H groups in total. The van der Waals surface area contributed by atoms with E-state index in [9.17, 15) is 19.2 Å². The van der Waals surface area contributed by atoms with Crippen molar-refractivity contribution in [2.45, 2.75) is 44.6 Å². The van der Waals surface area contributed by atoms with E-state index in [1.807, 2.05) is 0 Å². The van der Waals surface area contributed by atoms with Gasteiger partial charge in [-0.3, -0.25) is 14.4 Å². The second-order valence-electron chi connectivity index (χ2n) is 7.60. The molecule has 30 heavy (non-hydrogen) atoms. The van der Waals surface area contributed by atoms with Crippen molar-refractivity contribution in [3.8, 4) is 0 Å². The highest BCUT2D eigenvalue weighted by Crippen LogP contribution is 2.59. The van der Waals surface area contributed by atoms with Crippen molar-refractivity contribution in [1.29, 1.82) is 0 Å². The summed E-state index contributed by atoms with van der Waals surface area (Å²) in [4.78, 5) is 51.9. The van der Waals surface area contributed by atoms with Gasteiger partial charge in [-0.25, -0.2) is 4.79 Å². The lowest BCUT2D eigenvalue weighted by Crippen LogP contribution is -2.47. The summed E-state index contributed by atoms with van der Waals surface area (Å²) in [7, 11) is 5.11. The number of allylic oxidation sites excluding steroid dienone is 1. The standard InChI is InChI=1S/C21H27NO8/c1-27-16(23)10-13(19(25)29-3)12-7-8-14-18(12)22-9-5-6-15(22)21(14,20(26)30-4)11-17(24)28-2/h15H,5-11H2,1-4H3/b13-12+/t15-,21+/m1/s1. The molecule has 9 nitrogen and oxygen atoms in total. The summed E-state index contributed by atoms with van der Waals surface area (Å²) >= 11 is 0. The molecule has 0 bridgehead atoms. The van der Waals surface area contributed by atoms with Gasteiger partial charge >= 0.3 is 23.9 Å². The van der Waals surface area contributed by atoms with Crippen molar-refractivity contribution in [3.05, 3.63) is 22.4 Å². The molecule has 9 heteroatoms. The lowest BCUT2D eigenvalue weighted by atomic mass is 9.71. The van der Waals surface area contributed by atoms with Gasteiger partial charge in [-0.15, -0.1) is 0 Å². The van der Waals surface area contributed by atoms with Gasteiger partial charge in [-0.2, -0.15) is 0 Å². The quantitative estimate of drug-likeness (QED) is 0.356. The van der Waals surface area contributed by atoms with Crippen molar-refractivity contribution >= 4 is 23.9 Å². The SMILES string of the molecule is COC(=O)C/C(C(=O)OC)=C1/CCC2=C1N1CCC[C@@H]1[C@@]2(CC(=O)OC)C(=O)OC. The third kappa shape index (κ3) is 3.26. The van der Waals surface area contributed by atoms with Crippen LogP contribution < -0.4 is 0 Å². The fourth-order valence-corrected chi connectivity index (χ4v) is 5.17. The molecule has 1 fully saturated rings. The van der Waals surface area contributed by atoms with Gasteiger partial charge in [0.15, 0.2) is 0 Å². The summed E-state index contributed by atoms with van der Waals surface area (Å²) in [6.07, 6.45) is 2.11. The minimum atomic E-state index is -1.16. The van der Waals surface area contributed by atoms with E-state index < -0.39 is 29.3 Å². The number of esters is 4. The number of nitrogens with zero attached hydrogens (tertiary/aromatic N) is 1. The molecular weight excluding hydrogens is 394 g/mol. The largest absolute Gasteiger partial charge is 0.469 e. The molecule has 1 saturated heterocycles. The van der Waals surface area contributed by atoms with E-state index in [1.54, 1.807) is 0 Å². The Balaban J connectivity index is 2.20. The molecular formula is C21H27NO8. The van der Waals surface area contributed by atoms with Crippen molar-refractivity contribution in [2.24, 2.45) is 5.41 Å². The summed E-state index contributed by atoms with van der Waals surface area (Å²) in [5.41, 5.74) is 1.26. The average molecular weight is 421 g/mol. The molecule has 0 spiro atoms. The highest BCUT2D eigenvalue weighted by atomic mass is 16.5. The first-order valence-electron chi connectivity index (χ1n) is 9.88. The Bertz CT molecular complexity index is 842. The zero-order chi connectivity index (χ0) is 22.1. The van der Waals surface area contributed by atoms with Crippen LogP contribution in [0.4, 0.5) is 0 Å². The van der Waals surface area contributed by atoms with E-state index in [0.29, 0.717) is 31.4 Å². The predicted molar refractivity (Wildman–Crippen MR) is 103 cm³/mol. The molecule has 2 heterocycles. The van der Waals surface area contributed by atoms with Crippen LogP contribution in [-0.4, -0.2) is 69.8 Å². The fourth-order valence-electron chi connectivity index (χ4n) is 5.17. The van der Waals surface area contributed by atoms with E-state index >= 15 is 0 Å². The zero-order valence-corrected chi connectivity index (χ0v) is 17.7. The van der Waals surface area contributed by atoms with Gasteiger partial charge in [0.2, 0.25) is 0 Å². The van der Waals surface area contributed by atoms with Crippen molar-refractivity contribution < 1.29 is 38.1 Å². The van der Waals surface area contributed by atoms with E-state index in [1.165, 1.54) is 28.4 Å². The lowest BCUT2D eigenvalue weighted by molar-refractivity contribution is -0.159. The van der Waals surface area contributed by atoms with Gasteiger partial charge in [0, 0.05) is 18.3 Å². The number of fused-ring (bicyclic) bond motifs is 2. The van der Waals surface area contributed by atoms with E-state index in [2.05, 4.69) is 4.90 Å². The van der Waals surface area contributed by atoms with Crippen LogP contribution in [0.25, 0.3) is 0 Å². The number of methoxy groups -OCH3 is 4. The Kier molecular flexibility index (Phi) is 6.19. The number of rotatable bonds is 6. The first-order chi connectivity index (χ1) is 14.3. The van der Waals surface area contributed by atoms with Crippen LogP contribution in [0, 0.1) is 5.41 Å². The van der Waals surface area contributed by atoms with Gasteiger partial charge in [-0.1, -0.05) is 0 Å². The Morgan fingerprint density at radius 1 is 0.967 bits per heavy atom. The Morgan fingerprint density at radius 3 is 2.27 bits per heavy atom. The molecule has 0 aromatic rings. The van der Waals surface area contributed by atoms with Gasteiger partial charge in [-0.05, 0) is 36.8 Å². The zero-order valence-electron chi connectivity index (χ0n) is 17.7. The predicted octanol–water partition coefficient (Wildman–Crippen LogP) is 1.27. The van der Waals surface area contributed by atoms with Crippen LogP contribution >= 0.6 is 0 Å². The number of carbonyl (C=O) groups excluding carboxylic acids is 4. The van der Waals surface area contributed by atoms with Crippen LogP contribution in [0.5, 0.6) is 0 Å². The van der Waals surface area contributed by atoms with Crippen LogP contribution in [0.1, 0.15) is 38.5 Å². The number of hydrogen-bond acceptors (Lipinski definition) is 9. The minimum Gasteiger partial charge on any atom is -0.469 e. The van der Waals surface area contributed by atoms with Gasteiger partial charge in [0.1, 0.15) is 5.41 Å². The molecule has 164 valence electrons. The molecule has 3 aliphatic rings. The van der Waals surface area contributed by atoms with Crippen LogP contribution in [0.15, 0.2) is 22.4 Å². The molecule has 2 atom stereocenters. The molecule has 0 saturated carbocycles. The molecule has 0 unspecified atom stereocenters. The summed E-state index contributed by atoms with van der Waals surface area (Å²) in [6, 6.07) is -0.263. The molecule has 0 radical (unpaired) electrons. The third-order valence-electron chi connectivity index (χ3n) is 6.39. The van der Waals surface area contributed by atoms with Crippen LogP contribution in [-0.2, 0) is 38.1 Å². The van der Waals surface area contributed by atoms with E-state index in [-0.39, 0.29) is 24.5 Å². The first kappa shape index (κ1) is 21.9. The maximum absolute atomic E-state index is 13.1. The topological polar surface area (TPSA) is 108 Å². The maximum atomic E-state index is 13.1. The Labute approximate surface area is 175 Å². The summed E-state index contributed by atoms with van der Waals surface area (Å²) < 4.78 is 19.7. The monoisotopic (exact) mass is 421 g/mol. The lowest BCUT2D eigenvalue weighted by Gasteiger charge is -2.35. The maximum Gasteiger partial charge on any atom is 0.334 e. The molecule has 0 aromatic carbocycles. The molecule has 0 amide bonds. The highest BCUT2D eigenvalue weighted by Gasteiger charge is 2.62. The summed E-state index contributed by atoms with van der Waals surface area (Å²) in [5, 5.41) is 0. The molecule has 1 aliphatic carbocycles. The van der Waals surface area contributed by atoms with E-state index in [0.717, 1.165) is 17.7 Å². The summed E-state index contributed by atoms with van der Waals surface area (Å²) in [6.45, 7) is 0.680. The first-order valence-corrected chi connectivity index (χ1v) is 9.88. The Morgan fingerprint density at radius 2 is 1.67 bits per heavy atom. The van der Waals surface area contributed by atoms with Gasteiger partial charge in [0.25, 0.3) is 0 Å². The second kappa shape index (κ2) is 8.49. The van der Waals surface area contributed by atoms with Gasteiger partial charge in [0.05, 0.1) is 46.9 Å². The van der Waals surface area contributed by atoms with E-state index in [4.69, 9.17) is 18.9 Å². The normalized spacial score (nSPS) is 26.1. The second-order valence-corrected chi connectivity index (χ2v) is 7.60. The molecule has 2 aliphatic heterocycles. The molecule has 0 aromatic heterocycles. The number of ether oxygens (including phenoxy) is 4. The fraction of sp³-hybridized carbons (Fsp3) is 0.619. The van der Waals surface area contributed by atoms with Crippen molar-refractivity contribution in [2.75, 3.05) is 35.0 Å². The van der Waals surface area contributed by atoms with Crippen LogP contribution in [0.3, 0.4) is 0 Å². The third-order valence-corrected chi connectivity index (χ3v) is 6.39. The molecule has 3 rings (SSSR count). The number of hydrogen-bond donors (Lipinski definition) is 0. The average Bonchev–Trinajstić information content (AvgIpc) is 3.45. The van der Waals surface area contributed by atoms with Crippen molar-refractivity contribution in [1.82, 2.24) is 4.90 Å². The summed E-state index contributed by atoms with van der Waals surface area (Å²) in [5.74, 6) is -2.14. The highest BCUT2D eigenvalue weighted by molar-refractivity contribution is 5.96.